The Hall–Kier alpha value is -2.24. The predicted molar refractivity (Wildman–Crippen MR) is 91.3 cm³/mol. The van der Waals surface area contributed by atoms with Crippen LogP contribution in [0.1, 0.15) is 31.2 Å². The first-order valence-electron chi connectivity index (χ1n) is 8.39. The van der Waals surface area contributed by atoms with E-state index in [-0.39, 0.29) is 18.4 Å². The first kappa shape index (κ1) is 18.1. The number of likely N-dealkylation sites (tertiary alicyclic amines) is 1. The summed E-state index contributed by atoms with van der Waals surface area (Å²) in [5.41, 5.74) is 1.03. The van der Waals surface area contributed by atoms with Crippen molar-refractivity contribution in [2.24, 2.45) is 0 Å². The van der Waals surface area contributed by atoms with Crippen LogP contribution in [0.4, 0.5) is 0 Å². The van der Waals surface area contributed by atoms with Crippen molar-refractivity contribution < 1.29 is 19.1 Å². The van der Waals surface area contributed by atoms with Gasteiger partial charge in [-0.05, 0) is 37.0 Å². The highest BCUT2D eigenvalue weighted by atomic mass is 16.5. The average Bonchev–Trinajstić information content (AvgIpc) is 2.79. The summed E-state index contributed by atoms with van der Waals surface area (Å²) in [5, 5.41) is 2.88. The lowest BCUT2D eigenvalue weighted by molar-refractivity contribution is -0.135. The smallest absolute Gasteiger partial charge is 0.239 e. The minimum atomic E-state index is -0.111. The number of hydrogen-bond donors (Lipinski definition) is 1. The Labute approximate surface area is 143 Å². The van der Waals surface area contributed by atoms with Gasteiger partial charge in [0.05, 0.1) is 20.8 Å². The maximum atomic E-state index is 12.1. The second kappa shape index (κ2) is 9.15. The number of nitrogens with one attached hydrogen (secondary N) is 1. The average molecular weight is 334 g/mol. The Morgan fingerprint density at radius 3 is 2.50 bits per heavy atom. The Kier molecular flexibility index (Phi) is 6.90. The van der Waals surface area contributed by atoms with Crippen molar-refractivity contribution in [2.75, 3.05) is 33.9 Å². The lowest BCUT2D eigenvalue weighted by Gasteiger charge is -2.19. The number of ether oxygens (including phenoxy) is 2. The molecular weight excluding hydrogens is 308 g/mol. The van der Waals surface area contributed by atoms with Gasteiger partial charge >= 0.3 is 0 Å². The van der Waals surface area contributed by atoms with Crippen molar-refractivity contribution in [1.82, 2.24) is 10.2 Å². The third-order valence-corrected chi connectivity index (χ3v) is 4.15. The summed E-state index contributed by atoms with van der Waals surface area (Å²) in [4.78, 5) is 25.6. The first-order valence-corrected chi connectivity index (χ1v) is 8.39. The van der Waals surface area contributed by atoms with Gasteiger partial charge in [0.25, 0.3) is 0 Å². The van der Waals surface area contributed by atoms with Gasteiger partial charge in [0.1, 0.15) is 11.5 Å². The maximum Gasteiger partial charge on any atom is 0.239 e. The van der Waals surface area contributed by atoms with Gasteiger partial charge in [-0.1, -0.05) is 6.42 Å². The van der Waals surface area contributed by atoms with Crippen LogP contribution in [0.15, 0.2) is 18.2 Å². The molecule has 1 heterocycles. The quantitative estimate of drug-likeness (QED) is 0.825. The predicted octanol–water partition coefficient (Wildman–Crippen LogP) is 1.77. The molecule has 1 aromatic rings. The Morgan fingerprint density at radius 1 is 1.12 bits per heavy atom. The summed E-state index contributed by atoms with van der Waals surface area (Å²) in [5.74, 6) is 1.43. The summed E-state index contributed by atoms with van der Waals surface area (Å²) >= 11 is 0. The number of rotatable bonds is 7. The Balaban J connectivity index is 1.80. The minimum Gasteiger partial charge on any atom is -0.497 e. The van der Waals surface area contributed by atoms with Crippen LogP contribution < -0.4 is 14.8 Å². The third-order valence-electron chi connectivity index (χ3n) is 4.15. The van der Waals surface area contributed by atoms with E-state index in [1.54, 1.807) is 19.1 Å². The summed E-state index contributed by atoms with van der Waals surface area (Å²) < 4.78 is 10.5. The van der Waals surface area contributed by atoms with Crippen molar-refractivity contribution >= 4 is 11.8 Å². The fourth-order valence-electron chi connectivity index (χ4n) is 2.79. The van der Waals surface area contributed by atoms with E-state index in [0.29, 0.717) is 25.9 Å². The lowest BCUT2D eigenvalue weighted by atomic mass is 10.1. The van der Waals surface area contributed by atoms with Gasteiger partial charge in [-0.3, -0.25) is 9.59 Å². The molecule has 1 fully saturated rings. The van der Waals surface area contributed by atoms with Crippen LogP contribution in [-0.4, -0.2) is 50.6 Å². The molecule has 0 bridgehead atoms. The van der Waals surface area contributed by atoms with Gasteiger partial charge in [-0.15, -0.1) is 0 Å². The molecule has 0 spiro atoms. The molecule has 2 amide bonds. The zero-order valence-electron chi connectivity index (χ0n) is 14.5. The fourth-order valence-corrected chi connectivity index (χ4v) is 2.79. The van der Waals surface area contributed by atoms with Crippen molar-refractivity contribution in [1.29, 1.82) is 0 Å². The molecule has 0 unspecified atom stereocenters. The first-order chi connectivity index (χ1) is 11.6. The fraction of sp³-hybridized carbons (Fsp3) is 0.556. The van der Waals surface area contributed by atoms with Crippen molar-refractivity contribution in [3.8, 4) is 11.5 Å². The molecule has 0 radical (unpaired) electrons. The van der Waals surface area contributed by atoms with Crippen molar-refractivity contribution in [2.45, 2.75) is 32.1 Å². The normalized spacial score (nSPS) is 14.9. The van der Waals surface area contributed by atoms with E-state index in [4.69, 9.17) is 9.47 Å². The molecule has 1 N–H and O–H groups in total. The molecule has 6 heteroatoms. The number of hydrogen-bond acceptors (Lipinski definition) is 4. The zero-order valence-corrected chi connectivity index (χ0v) is 14.5. The van der Waals surface area contributed by atoms with Gasteiger partial charge in [-0.2, -0.15) is 0 Å². The Bertz CT molecular complexity index is 552. The van der Waals surface area contributed by atoms with E-state index in [1.807, 2.05) is 18.2 Å². The van der Waals surface area contributed by atoms with Crippen LogP contribution >= 0.6 is 0 Å². The number of benzene rings is 1. The van der Waals surface area contributed by atoms with Crippen LogP contribution in [0.5, 0.6) is 11.5 Å². The summed E-state index contributed by atoms with van der Waals surface area (Å²) in [7, 11) is 3.22. The molecule has 0 atom stereocenters. The Morgan fingerprint density at radius 2 is 1.83 bits per heavy atom. The number of nitrogens with zero attached hydrogens (tertiary/aromatic N) is 1. The second-order valence-electron chi connectivity index (χ2n) is 5.95. The van der Waals surface area contributed by atoms with E-state index in [9.17, 15) is 9.59 Å². The zero-order chi connectivity index (χ0) is 17.4. The van der Waals surface area contributed by atoms with Gasteiger partial charge in [-0.25, -0.2) is 0 Å². The molecule has 1 aliphatic heterocycles. The highest BCUT2D eigenvalue weighted by Crippen LogP contribution is 2.22. The monoisotopic (exact) mass is 334 g/mol. The molecule has 1 aliphatic rings. The molecule has 1 saturated heterocycles. The molecule has 6 nitrogen and oxygen atoms in total. The highest BCUT2D eigenvalue weighted by Gasteiger charge is 2.18. The van der Waals surface area contributed by atoms with Crippen molar-refractivity contribution in [3.05, 3.63) is 23.8 Å². The number of amides is 2. The maximum absolute atomic E-state index is 12.1. The number of carbonyl (C=O) groups excluding carboxylic acids is 2. The van der Waals surface area contributed by atoms with E-state index in [0.717, 1.165) is 36.3 Å². The van der Waals surface area contributed by atoms with Crippen LogP contribution in [0.3, 0.4) is 0 Å². The topological polar surface area (TPSA) is 67.9 Å². The van der Waals surface area contributed by atoms with Gasteiger partial charge < -0.3 is 19.7 Å². The number of carbonyl (C=O) groups is 2. The molecular formula is C18H26N2O4. The summed E-state index contributed by atoms with van der Waals surface area (Å²) in [6.07, 6.45) is 4.18. The van der Waals surface area contributed by atoms with Gasteiger partial charge in [0.15, 0.2) is 0 Å². The standard InChI is InChI=1S/C18H26N2O4/c1-23-15-10-14(11-16(12-15)24-2)7-8-19-17(21)13-20-9-5-3-4-6-18(20)22/h10-12H,3-9,13H2,1-2H3,(H,19,21). The number of methoxy groups -OCH3 is 2. The van der Waals surface area contributed by atoms with Crippen LogP contribution in [0.25, 0.3) is 0 Å². The lowest BCUT2D eigenvalue weighted by Crippen LogP contribution is -2.41. The SMILES string of the molecule is COc1cc(CCNC(=O)CN2CCCCCC2=O)cc(OC)c1. The molecule has 2 rings (SSSR count). The molecule has 1 aromatic carbocycles. The van der Waals surface area contributed by atoms with E-state index in [2.05, 4.69) is 5.32 Å². The van der Waals surface area contributed by atoms with E-state index >= 15 is 0 Å². The van der Waals surface area contributed by atoms with Crippen molar-refractivity contribution in [3.63, 3.8) is 0 Å². The largest absolute Gasteiger partial charge is 0.497 e. The van der Waals surface area contributed by atoms with Gasteiger partial charge in [0.2, 0.25) is 11.8 Å². The van der Waals surface area contributed by atoms with Crippen LogP contribution in [-0.2, 0) is 16.0 Å². The molecule has 0 saturated carbocycles. The van der Waals surface area contributed by atoms with Crippen LogP contribution in [0.2, 0.25) is 0 Å². The molecule has 0 aliphatic carbocycles. The van der Waals surface area contributed by atoms with E-state index in [1.165, 1.54) is 0 Å². The van der Waals surface area contributed by atoms with Crippen LogP contribution in [0, 0.1) is 0 Å². The molecule has 132 valence electrons. The minimum absolute atomic E-state index is 0.0835. The molecule has 24 heavy (non-hydrogen) atoms. The summed E-state index contributed by atoms with van der Waals surface area (Å²) in [6.45, 7) is 1.34. The van der Waals surface area contributed by atoms with Gasteiger partial charge in [0, 0.05) is 25.6 Å². The summed E-state index contributed by atoms with van der Waals surface area (Å²) in [6, 6.07) is 5.66. The third kappa shape index (κ3) is 5.44. The second-order valence-corrected chi connectivity index (χ2v) is 5.95. The molecule has 0 aromatic heterocycles. The van der Waals surface area contributed by atoms with E-state index < -0.39 is 0 Å². The highest BCUT2D eigenvalue weighted by molar-refractivity contribution is 5.84.